The number of amides is 4. The fourth-order valence-corrected chi connectivity index (χ4v) is 4.52. The monoisotopic (exact) mass is 442 g/mol. The third-order valence-corrected chi connectivity index (χ3v) is 6.35. The lowest BCUT2D eigenvalue weighted by molar-refractivity contribution is -0.136. The fourth-order valence-electron chi connectivity index (χ4n) is 4.52. The van der Waals surface area contributed by atoms with Crippen LogP contribution in [-0.4, -0.2) is 96.7 Å². The molecule has 0 saturated carbocycles. The van der Waals surface area contributed by atoms with Gasteiger partial charge in [0.05, 0.1) is 11.1 Å². The van der Waals surface area contributed by atoms with Crippen molar-refractivity contribution in [1.82, 2.24) is 25.3 Å². The number of nitrogens with zero attached hydrogens (tertiary/aromatic N) is 3. The first-order valence-corrected chi connectivity index (χ1v) is 11.2. The summed E-state index contributed by atoms with van der Waals surface area (Å²) < 4.78 is 0. The molecule has 1 aromatic carbocycles. The van der Waals surface area contributed by atoms with Gasteiger partial charge in [-0.2, -0.15) is 0 Å². The van der Waals surface area contributed by atoms with Crippen molar-refractivity contribution in [2.24, 2.45) is 5.73 Å². The molecule has 10 nitrogen and oxygen atoms in total. The Morgan fingerprint density at radius 3 is 2.34 bits per heavy atom. The van der Waals surface area contributed by atoms with Crippen molar-refractivity contribution in [2.45, 2.75) is 25.4 Å². The van der Waals surface area contributed by atoms with E-state index in [0.717, 1.165) is 56.3 Å². The maximum absolute atomic E-state index is 12.9. The summed E-state index contributed by atoms with van der Waals surface area (Å²) in [7, 11) is 0. The summed E-state index contributed by atoms with van der Waals surface area (Å²) in [6, 6.07) is 4.26. The third kappa shape index (κ3) is 4.73. The molecule has 172 valence electrons. The van der Waals surface area contributed by atoms with Crippen molar-refractivity contribution in [2.75, 3.05) is 52.4 Å². The average Bonchev–Trinajstić information content (AvgIpc) is 3.02. The van der Waals surface area contributed by atoms with E-state index in [-0.39, 0.29) is 18.7 Å². The number of imide groups is 2. The highest BCUT2D eigenvalue weighted by molar-refractivity contribution is 6.23. The van der Waals surface area contributed by atoms with E-state index in [1.807, 2.05) is 6.07 Å². The molecule has 3 aliphatic heterocycles. The minimum atomic E-state index is -0.938. The lowest BCUT2D eigenvalue weighted by Crippen LogP contribution is -2.54. The smallest absolute Gasteiger partial charge is 0.262 e. The lowest BCUT2D eigenvalue weighted by Gasteiger charge is -2.34. The van der Waals surface area contributed by atoms with Gasteiger partial charge in [0.15, 0.2) is 0 Å². The van der Waals surface area contributed by atoms with Crippen molar-refractivity contribution in [3.8, 4) is 0 Å². The van der Waals surface area contributed by atoms with Crippen molar-refractivity contribution in [3.63, 3.8) is 0 Å². The molecule has 32 heavy (non-hydrogen) atoms. The number of fused-ring (bicyclic) bond motifs is 1. The average molecular weight is 443 g/mol. The molecule has 0 aromatic heterocycles. The molecule has 3 heterocycles. The molecule has 0 radical (unpaired) electrons. The molecule has 4 N–H and O–H groups in total. The van der Waals surface area contributed by atoms with E-state index in [9.17, 15) is 19.2 Å². The number of carbonyl (C=O) groups is 4. The highest BCUT2D eigenvalue weighted by Crippen LogP contribution is 2.28. The van der Waals surface area contributed by atoms with Crippen LogP contribution in [0.1, 0.15) is 39.1 Å². The molecule has 1 atom stereocenters. The summed E-state index contributed by atoms with van der Waals surface area (Å²) >= 11 is 0. The van der Waals surface area contributed by atoms with Gasteiger partial charge in [-0.25, -0.2) is 0 Å². The number of benzene rings is 1. The van der Waals surface area contributed by atoms with Crippen LogP contribution in [0.2, 0.25) is 0 Å². The van der Waals surface area contributed by atoms with Crippen LogP contribution in [0.4, 0.5) is 0 Å². The summed E-state index contributed by atoms with van der Waals surface area (Å²) in [4.78, 5) is 55.0. The van der Waals surface area contributed by atoms with Crippen LogP contribution in [0.15, 0.2) is 18.2 Å². The first-order valence-electron chi connectivity index (χ1n) is 11.2. The Bertz CT molecular complexity index is 912. The number of rotatable bonds is 8. The number of hydrogen-bond acceptors (Lipinski definition) is 8. The molecule has 3 aliphatic rings. The van der Waals surface area contributed by atoms with E-state index in [0.29, 0.717) is 24.2 Å². The Hall–Kier alpha value is -2.66. The van der Waals surface area contributed by atoms with Crippen molar-refractivity contribution in [3.05, 3.63) is 34.9 Å². The Morgan fingerprint density at radius 2 is 1.66 bits per heavy atom. The van der Waals surface area contributed by atoms with Crippen molar-refractivity contribution in [1.29, 1.82) is 0 Å². The highest BCUT2D eigenvalue weighted by Gasteiger charge is 2.44. The Labute approximate surface area is 187 Å². The van der Waals surface area contributed by atoms with E-state index in [1.165, 1.54) is 0 Å². The molecule has 1 aromatic rings. The van der Waals surface area contributed by atoms with Crippen LogP contribution in [-0.2, 0) is 16.1 Å². The van der Waals surface area contributed by atoms with Crippen molar-refractivity contribution >= 4 is 23.6 Å². The minimum absolute atomic E-state index is 0.112. The van der Waals surface area contributed by atoms with Gasteiger partial charge in [0.1, 0.15) is 6.04 Å². The molecule has 4 rings (SSSR count). The molecule has 0 aliphatic carbocycles. The molecule has 10 heteroatoms. The van der Waals surface area contributed by atoms with E-state index in [2.05, 4.69) is 20.4 Å². The second-order valence-electron chi connectivity index (χ2n) is 8.48. The zero-order valence-corrected chi connectivity index (χ0v) is 18.1. The Kier molecular flexibility index (Phi) is 6.95. The topological polar surface area (TPSA) is 128 Å². The van der Waals surface area contributed by atoms with Gasteiger partial charge in [-0.15, -0.1) is 0 Å². The molecule has 2 saturated heterocycles. The Morgan fingerprint density at radius 1 is 0.969 bits per heavy atom. The number of piperidine rings is 1. The largest absolute Gasteiger partial charge is 0.329 e. The lowest BCUT2D eigenvalue weighted by atomic mass is 10.0. The van der Waals surface area contributed by atoms with Gasteiger partial charge in [0, 0.05) is 65.3 Å². The number of nitrogens with two attached hydrogens (primary N) is 1. The summed E-state index contributed by atoms with van der Waals surface area (Å²) in [6.07, 6.45) is 0.270. The fraction of sp³-hybridized carbons (Fsp3) is 0.545. The predicted molar refractivity (Wildman–Crippen MR) is 117 cm³/mol. The normalized spacial score (nSPS) is 22.4. The van der Waals surface area contributed by atoms with Gasteiger partial charge >= 0.3 is 0 Å². The van der Waals surface area contributed by atoms with Crippen LogP contribution in [0.3, 0.4) is 0 Å². The van der Waals surface area contributed by atoms with Gasteiger partial charge in [0.25, 0.3) is 11.8 Å². The number of hydrogen-bond donors (Lipinski definition) is 3. The number of piperazine rings is 1. The minimum Gasteiger partial charge on any atom is -0.329 e. The van der Waals surface area contributed by atoms with Gasteiger partial charge in [-0.1, -0.05) is 6.07 Å². The van der Waals surface area contributed by atoms with Crippen LogP contribution >= 0.6 is 0 Å². The van der Waals surface area contributed by atoms with E-state index in [1.54, 1.807) is 12.1 Å². The van der Waals surface area contributed by atoms with Gasteiger partial charge in [0.2, 0.25) is 11.8 Å². The summed E-state index contributed by atoms with van der Waals surface area (Å²) in [5.41, 5.74) is 7.14. The maximum Gasteiger partial charge on any atom is 0.262 e. The van der Waals surface area contributed by atoms with Gasteiger partial charge in [-0.05, 0) is 24.1 Å². The summed E-state index contributed by atoms with van der Waals surface area (Å²) in [5.74, 6) is -1.93. The summed E-state index contributed by atoms with van der Waals surface area (Å²) in [5, 5.41) is 5.61. The molecule has 1 unspecified atom stereocenters. The first kappa shape index (κ1) is 22.5. The molecule has 0 bridgehead atoms. The zero-order valence-electron chi connectivity index (χ0n) is 18.1. The van der Waals surface area contributed by atoms with Crippen LogP contribution in [0, 0.1) is 0 Å². The van der Waals surface area contributed by atoms with Crippen LogP contribution in [0.25, 0.3) is 0 Å². The Balaban J connectivity index is 1.29. The second-order valence-corrected chi connectivity index (χ2v) is 8.48. The first-order chi connectivity index (χ1) is 15.5. The van der Waals surface area contributed by atoms with Gasteiger partial charge < -0.3 is 11.1 Å². The number of carbonyl (C=O) groups excluding carboxylic acids is 4. The second kappa shape index (κ2) is 9.86. The maximum atomic E-state index is 12.9. The molecule has 2 fully saturated rings. The van der Waals surface area contributed by atoms with E-state index < -0.39 is 23.8 Å². The summed E-state index contributed by atoms with van der Waals surface area (Å²) in [6.45, 7) is 8.16. The standard InChI is InChI=1S/C22H30N6O4/c23-5-7-26-9-11-27(12-10-26)8-6-24-14-15-1-2-16-17(13-15)22(32)28(21(16)31)18-3-4-19(29)25-20(18)30/h1-2,13,18,24H,3-12,14,23H2,(H,25,29,30). The van der Waals surface area contributed by atoms with Crippen molar-refractivity contribution < 1.29 is 19.2 Å². The van der Waals surface area contributed by atoms with Crippen LogP contribution in [0.5, 0.6) is 0 Å². The van der Waals surface area contributed by atoms with E-state index in [4.69, 9.17) is 5.73 Å². The van der Waals surface area contributed by atoms with Crippen LogP contribution < -0.4 is 16.4 Å². The predicted octanol–water partition coefficient (Wildman–Crippen LogP) is -1.25. The zero-order chi connectivity index (χ0) is 22.7. The van der Waals surface area contributed by atoms with Gasteiger partial charge in [-0.3, -0.25) is 39.2 Å². The highest BCUT2D eigenvalue weighted by atomic mass is 16.2. The van der Waals surface area contributed by atoms with E-state index >= 15 is 0 Å². The SMILES string of the molecule is NCCN1CCN(CCNCc2ccc3c(c2)C(=O)N(C2CCC(=O)NC2=O)C3=O)CC1. The molecule has 0 spiro atoms. The number of nitrogens with one attached hydrogen (secondary N) is 2. The molecular formula is C22H30N6O4. The quantitative estimate of drug-likeness (QED) is 0.337. The third-order valence-electron chi connectivity index (χ3n) is 6.35. The molecule has 4 amide bonds. The molecular weight excluding hydrogens is 412 g/mol.